The van der Waals surface area contributed by atoms with E-state index < -0.39 is 0 Å². The Hall–Kier alpha value is -0.790. The molecule has 0 aromatic heterocycles. The summed E-state index contributed by atoms with van der Waals surface area (Å²) < 4.78 is 5.11. The van der Waals surface area contributed by atoms with Crippen molar-refractivity contribution in [2.75, 3.05) is 7.11 Å². The fraction of sp³-hybridized carbons (Fsp3) is 0.667. The highest BCUT2D eigenvalue weighted by molar-refractivity contribution is 5.95. The molecule has 1 aliphatic rings. The van der Waals surface area contributed by atoms with E-state index in [-0.39, 0.29) is 5.78 Å². The fourth-order valence-corrected chi connectivity index (χ4v) is 1.45. The van der Waals surface area contributed by atoms with Gasteiger partial charge < -0.3 is 4.74 Å². The van der Waals surface area contributed by atoms with Crippen LogP contribution in [0.15, 0.2) is 11.3 Å². The fourth-order valence-electron chi connectivity index (χ4n) is 1.45. The highest BCUT2D eigenvalue weighted by Gasteiger charge is 2.19. The molecule has 62 valence electrons. The van der Waals surface area contributed by atoms with Crippen molar-refractivity contribution in [2.24, 2.45) is 0 Å². The minimum Gasteiger partial charge on any atom is -0.501 e. The molecule has 0 saturated heterocycles. The number of ketones is 1. The largest absolute Gasteiger partial charge is 0.501 e. The molecule has 1 aliphatic carbocycles. The second-order valence-corrected chi connectivity index (χ2v) is 2.74. The van der Waals surface area contributed by atoms with Crippen LogP contribution in [0.2, 0.25) is 0 Å². The first kappa shape index (κ1) is 8.31. The molecule has 0 aromatic rings. The number of carbonyl (C=O) groups excluding carboxylic acids is 1. The van der Waals surface area contributed by atoms with E-state index in [2.05, 4.69) is 0 Å². The standard InChI is InChI=1S/C9H14O2/c1-3-8(10)7-5-4-6-9(7)11-2/h3-6H2,1-2H3. The minimum absolute atomic E-state index is 0.249. The van der Waals surface area contributed by atoms with E-state index in [0.29, 0.717) is 6.42 Å². The molecule has 0 heterocycles. The second kappa shape index (κ2) is 3.56. The summed E-state index contributed by atoms with van der Waals surface area (Å²) in [7, 11) is 1.64. The molecule has 0 aliphatic heterocycles. The van der Waals surface area contributed by atoms with Crippen LogP contribution in [0, 0.1) is 0 Å². The van der Waals surface area contributed by atoms with Crippen molar-refractivity contribution < 1.29 is 9.53 Å². The zero-order chi connectivity index (χ0) is 8.27. The molecule has 0 bridgehead atoms. The van der Waals surface area contributed by atoms with Gasteiger partial charge in [0, 0.05) is 18.4 Å². The quantitative estimate of drug-likeness (QED) is 0.622. The average Bonchev–Trinajstić information content (AvgIpc) is 2.50. The summed E-state index contributed by atoms with van der Waals surface area (Å²) in [6.45, 7) is 1.89. The number of hydrogen-bond donors (Lipinski definition) is 0. The molecule has 2 nitrogen and oxygen atoms in total. The van der Waals surface area contributed by atoms with Crippen molar-refractivity contribution in [1.82, 2.24) is 0 Å². The summed E-state index contributed by atoms with van der Waals surface area (Å²) in [5.41, 5.74) is 0.926. The van der Waals surface area contributed by atoms with Gasteiger partial charge in [-0.05, 0) is 12.8 Å². The first-order chi connectivity index (χ1) is 5.29. The third kappa shape index (κ3) is 1.62. The Morgan fingerprint density at radius 2 is 2.27 bits per heavy atom. The SMILES string of the molecule is CCC(=O)C1=C(OC)CCC1. The third-order valence-electron chi connectivity index (χ3n) is 2.07. The lowest BCUT2D eigenvalue weighted by Crippen LogP contribution is -2.00. The number of allylic oxidation sites excluding steroid dienone is 2. The van der Waals surface area contributed by atoms with E-state index in [1.165, 1.54) is 0 Å². The van der Waals surface area contributed by atoms with Gasteiger partial charge in [0.2, 0.25) is 0 Å². The zero-order valence-corrected chi connectivity index (χ0v) is 7.14. The lowest BCUT2D eigenvalue weighted by atomic mass is 10.1. The van der Waals surface area contributed by atoms with Gasteiger partial charge in [-0.1, -0.05) is 6.92 Å². The van der Waals surface area contributed by atoms with Crippen molar-refractivity contribution in [1.29, 1.82) is 0 Å². The van der Waals surface area contributed by atoms with Crippen molar-refractivity contribution in [3.63, 3.8) is 0 Å². The van der Waals surface area contributed by atoms with Crippen molar-refractivity contribution >= 4 is 5.78 Å². The predicted octanol–water partition coefficient (Wildman–Crippen LogP) is 2.05. The molecule has 0 fully saturated rings. The first-order valence-corrected chi connectivity index (χ1v) is 4.08. The molecule has 0 spiro atoms. The minimum atomic E-state index is 0.249. The van der Waals surface area contributed by atoms with E-state index in [9.17, 15) is 4.79 Å². The Morgan fingerprint density at radius 1 is 1.55 bits per heavy atom. The van der Waals surface area contributed by atoms with Gasteiger partial charge in [-0.25, -0.2) is 0 Å². The molecule has 2 heteroatoms. The molecule has 0 unspecified atom stereocenters. The number of Topliss-reactive ketones (excluding diaryl/α,β-unsaturated/α-hetero) is 1. The van der Waals surface area contributed by atoms with E-state index in [4.69, 9.17) is 4.74 Å². The van der Waals surface area contributed by atoms with Crippen LogP contribution >= 0.6 is 0 Å². The smallest absolute Gasteiger partial charge is 0.161 e. The van der Waals surface area contributed by atoms with Gasteiger partial charge in [0.15, 0.2) is 5.78 Å². The summed E-state index contributed by atoms with van der Waals surface area (Å²) in [5.74, 6) is 1.16. The van der Waals surface area contributed by atoms with Gasteiger partial charge in [-0.2, -0.15) is 0 Å². The predicted molar refractivity (Wildman–Crippen MR) is 43.2 cm³/mol. The summed E-state index contributed by atoms with van der Waals surface area (Å²) in [6, 6.07) is 0. The Kier molecular flexibility index (Phi) is 2.69. The third-order valence-corrected chi connectivity index (χ3v) is 2.07. The lowest BCUT2D eigenvalue weighted by molar-refractivity contribution is -0.115. The number of ether oxygens (including phenoxy) is 1. The molecule has 11 heavy (non-hydrogen) atoms. The van der Waals surface area contributed by atoms with Crippen LogP contribution in [0.25, 0.3) is 0 Å². The molecule has 0 saturated carbocycles. The molecular weight excluding hydrogens is 140 g/mol. The number of hydrogen-bond acceptors (Lipinski definition) is 2. The van der Waals surface area contributed by atoms with Crippen molar-refractivity contribution in [3.8, 4) is 0 Å². The highest BCUT2D eigenvalue weighted by Crippen LogP contribution is 2.27. The van der Waals surface area contributed by atoms with Crippen LogP contribution in [0.1, 0.15) is 32.6 Å². The van der Waals surface area contributed by atoms with Crippen LogP contribution in [-0.4, -0.2) is 12.9 Å². The highest BCUT2D eigenvalue weighted by atomic mass is 16.5. The van der Waals surface area contributed by atoms with Crippen LogP contribution < -0.4 is 0 Å². The number of carbonyl (C=O) groups is 1. The molecule has 1 rings (SSSR count). The maximum atomic E-state index is 11.2. The van der Waals surface area contributed by atoms with Crippen LogP contribution in [0.5, 0.6) is 0 Å². The summed E-state index contributed by atoms with van der Waals surface area (Å²) in [4.78, 5) is 11.2. The van der Waals surface area contributed by atoms with Gasteiger partial charge in [-0.3, -0.25) is 4.79 Å². The zero-order valence-electron chi connectivity index (χ0n) is 7.14. The Balaban J connectivity index is 2.74. The van der Waals surface area contributed by atoms with E-state index >= 15 is 0 Å². The molecule has 0 atom stereocenters. The van der Waals surface area contributed by atoms with Crippen molar-refractivity contribution in [3.05, 3.63) is 11.3 Å². The van der Waals surface area contributed by atoms with Gasteiger partial charge in [-0.15, -0.1) is 0 Å². The Bertz CT molecular complexity index is 192. The summed E-state index contributed by atoms with van der Waals surface area (Å²) in [6.07, 6.45) is 3.53. The maximum absolute atomic E-state index is 11.2. The topological polar surface area (TPSA) is 26.3 Å². The average molecular weight is 154 g/mol. The van der Waals surface area contributed by atoms with E-state index in [1.807, 2.05) is 6.92 Å². The number of rotatable bonds is 3. The number of methoxy groups -OCH3 is 1. The second-order valence-electron chi connectivity index (χ2n) is 2.74. The lowest BCUT2D eigenvalue weighted by Gasteiger charge is -2.02. The van der Waals surface area contributed by atoms with Gasteiger partial charge >= 0.3 is 0 Å². The van der Waals surface area contributed by atoms with E-state index in [1.54, 1.807) is 7.11 Å². The van der Waals surface area contributed by atoms with Crippen molar-refractivity contribution in [2.45, 2.75) is 32.6 Å². The monoisotopic (exact) mass is 154 g/mol. The van der Waals surface area contributed by atoms with Crippen LogP contribution in [0.4, 0.5) is 0 Å². The molecule has 0 radical (unpaired) electrons. The Morgan fingerprint density at radius 3 is 2.82 bits per heavy atom. The molecule has 0 aromatic carbocycles. The van der Waals surface area contributed by atoms with Gasteiger partial charge in [0.05, 0.1) is 7.11 Å². The first-order valence-electron chi connectivity index (χ1n) is 4.08. The normalized spacial score (nSPS) is 17.3. The van der Waals surface area contributed by atoms with Gasteiger partial charge in [0.25, 0.3) is 0 Å². The Labute approximate surface area is 67.2 Å². The molecule has 0 amide bonds. The summed E-state index contributed by atoms with van der Waals surface area (Å²) >= 11 is 0. The maximum Gasteiger partial charge on any atom is 0.161 e. The van der Waals surface area contributed by atoms with Gasteiger partial charge in [0.1, 0.15) is 5.76 Å². The van der Waals surface area contributed by atoms with Crippen LogP contribution in [-0.2, 0) is 9.53 Å². The van der Waals surface area contributed by atoms with Crippen LogP contribution in [0.3, 0.4) is 0 Å². The molecular formula is C9H14O2. The van der Waals surface area contributed by atoms with E-state index in [0.717, 1.165) is 30.6 Å². The molecule has 0 N–H and O–H groups in total. The summed E-state index contributed by atoms with van der Waals surface area (Å²) in [5, 5.41) is 0.